The second kappa shape index (κ2) is 16.0. The summed E-state index contributed by atoms with van der Waals surface area (Å²) in [7, 11) is 3.32. The Balaban J connectivity index is 0.00000127. The van der Waals surface area contributed by atoms with E-state index in [1.54, 1.807) is 26.3 Å². The molecule has 0 N–H and O–H groups in total. The zero-order chi connectivity index (χ0) is 32.4. The Labute approximate surface area is 260 Å². The average molecular weight is 602 g/mol. The van der Waals surface area contributed by atoms with Crippen molar-refractivity contribution >= 4 is 22.7 Å². The van der Waals surface area contributed by atoms with Crippen molar-refractivity contribution < 1.29 is 9.13 Å². The summed E-state index contributed by atoms with van der Waals surface area (Å²) in [5.74, 6) is 1.46. The van der Waals surface area contributed by atoms with Crippen molar-refractivity contribution in [1.29, 1.82) is 5.26 Å². The standard InChI is InChI=1S/C30H36FN7O2.C2H6.C2H2/c1-5-23-18-38(28-26-25(36(3)30(39)35-28)14-13-22(15-32)34-26)24(6-2)17-37(23)27(20-9-11-21(31)12-10-20)29(40-4)33-16-19-7-8-19;2*1-2/h9-14,19,23-24,27H,5-8,16-18H2,1-4H3;1-2H3;1-2H. The summed E-state index contributed by atoms with van der Waals surface area (Å²) in [5, 5.41) is 9.51. The van der Waals surface area contributed by atoms with Crippen LogP contribution in [-0.4, -0.2) is 64.2 Å². The van der Waals surface area contributed by atoms with Gasteiger partial charge in [-0.25, -0.2) is 14.2 Å². The van der Waals surface area contributed by atoms with Crippen molar-refractivity contribution in [3.63, 3.8) is 0 Å². The second-order valence-corrected chi connectivity index (χ2v) is 10.7. The van der Waals surface area contributed by atoms with Crippen LogP contribution in [-0.2, 0) is 11.8 Å². The number of aryl methyl sites for hydroxylation is 1. The number of fused-ring (bicyclic) bond motifs is 1. The van der Waals surface area contributed by atoms with Crippen LogP contribution in [0.2, 0.25) is 0 Å². The van der Waals surface area contributed by atoms with Crippen molar-refractivity contribution in [3.8, 4) is 18.9 Å². The number of halogens is 1. The molecule has 1 saturated carbocycles. The molecule has 2 aromatic heterocycles. The van der Waals surface area contributed by atoms with E-state index in [-0.39, 0.29) is 35.3 Å². The molecule has 3 unspecified atom stereocenters. The number of benzene rings is 1. The molecule has 0 bridgehead atoms. The molecular weight excluding hydrogens is 557 g/mol. The number of aromatic nitrogens is 3. The van der Waals surface area contributed by atoms with Gasteiger partial charge in [0.25, 0.3) is 0 Å². The Kier molecular flexibility index (Phi) is 12.4. The fourth-order valence-electron chi connectivity index (χ4n) is 5.63. The van der Waals surface area contributed by atoms with Crippen LogP contribution in [0.4, 0.5) is 10.2 Å². The number of methoxy groups -OCH3 is 1. The third-order valence-corrected chi connectivity index (χ3v) is 8.17. The number of terminal acetylenes is 1. The van der Waals surface area contributed by atoms with Crippen molar-refractivity contribution in [2.45, 2.75) is 71.5 Å². The monoisotopic (exact) mass is 601 g/mol. The summed E-state index contributed by atoms with van der Waals surface area (Å²) in [5.41, 5.74) is 2.02. The molecule has 1 aliphatic carbocycles. The van der Waals surface area contributed by atoms with Crippen molar-refractivity contribution in [1.82, 2.24) is 19.4 Å². The van der Waals surface area contributed by atoms with Crippen molar-refractivity contribution in [3.05, 3.63) is 64.0 Å². The van der Waals surface area contributed by atoms with Crippen molar-refractivity contribution in [2.75, 3.05) is 31.6 Å². The molecule has 1 aliphatic heterocycles. The molecule has 2 aliphatic rings. The molecule has 3 heterocycles. The Bertz CT molecular complexity index is 1540. The molecule has 0 amide bonds. The van der Waals surface area contributed by atoms with E-state index in [0.29, 0.717) is 41.8 Å². The molecule has 5 rings (SSSR count). The molecule has 9 nitrogen and oxygen atoms in total. The van der Waals surface area contributed by atoms with Gasteiger partial charge in [0.2, 0.25) is 5.90 Å². The largest absolute Gasteiger partial charge is 0.483 e. The molecular formula is C34H44FN7O2. The molecule has 0 radical (unpaired) electrons. The van der Waals surface area contributed by atoms with Gasteiger partial charge in [-0.2, -0.15) is 10.2 Å². The summed E-state index contributed by atoms with van der Waals surface area (Å²) in [6, 6.07) is 11.9. The first kappa shape index (κ1) is 34.2. The zero-order valence-corrected chi connectivity index (χ0v) is 26.7. The van der Waals surface area contributed by atoms with E-state index >= 15 is 0 Å². The zero-order valence-electron chi connectivity index (χ0n) is 26.7. The molecule has 44 heavy (non-hydrogen) atoms. The van der Waals surface area contributed by atoms with E-state index in [9.17, 15) is 14.4 Å². The van der Waals surface area contributed by atoms with E-state index in [4.69, 9.17) is 9.73 Å². The lowest BCUT2D eigenvalue weighted by Crippen LogP contribution is -2.60. The van der Waals surface area contributed by atoms with E-state index < -0.39 is 0 Å². The predicted octanol–water partition coefficient (Wildman–Crippen LogP) is 5.49. The molecule has 234 valence electrons. The van der Waals surface area contributed by atoms with Gasteiger partial charge < -0.3 is 9.64 Å². The van der Waals surface area contributed by atoms with Gasteiger partial charge >= 0.3 is 5.69 Å². The first-order valence-corrected chi connectivity index (χ1v) is 15.4. The number of nitriles is 1. The summed E-state index contributed by atoms with van der Waals surface area (Å²) in [6.45, 7) is 10.2. The number of nitrogens with zero attached hydrogens (tertiary/aromatic N) is 7. The highest BCUT2D eigenvalue weighted by Gasteiger charge is 2.40. The fraction of sp³-hybridized carbons (Fsp3) is 0.500. The van der Waals surface area contributed by atoms with E-state index in [1.807, 2.05) is 26.0 Å². The van der Waals surface area contributed by atoms with E-state index in [2.05, 4.69) is 52.5 Å². The topological polar surface area (TPSA) is 99.6 Å². The lowest BCUT2D eigenvalue weighted by Gasteiger charge is -2.49. The first-order valence-electron chi connectivity index (χ1n) is 15.4. The minimum atomic E-state index is -0.364. The van der Waals surface area contributed by atoms with Gasteiger partial charge in [0.15, 0.2) is 5.82 Å². The van der Waals surface area contributed by atoms with E-state index in [0.717, 1.165) is 24.9 Å². The van der Waals surface area contributed by atoms with Crippen LogP contribution in [0.25, 0.3) is 11.0 Å². The van der Waals surface area contributed by atoms with Crippen LogP contribution >= 0.6 is 0 Å². The quantitative estimate of drug-likeness (QED) is 0.191. The summed E-state index contributed by atoms with van der Waals surface area (Å²) >= 11 is 0. The van der Waals surface area contributed by atoms with Crippen LogP contribution in [0.1, 0.15) is 70.7 Å². The van der Waals surface area contributed by atoms with Gasteiger partial charge in [0, 0.05) is 38.8 Å². The first-order chi connectivity index (χ1) is 21.4. The van der Waals surface area contributed by atoms with Crippen LogP contribution in [0.5, 0.6) is 0 Å². The van der Waals surface area contributed by atoms with E-state index in [1.165, 1.54) is 29.5 Å². The Morgan fingerprint density at radius 2 is 1.75 bits per heavy atom. The van der Waals surface area contributed by atoms with Crippen LogP contribution in [0.3, 0.4) is 0 Å². The molecule has 0 spiro atoms. The van der Waals surface area contributed by atoms with Crippen LogP contribution in [0, 0.1) is 35.9 Å². The van der Waals surface area contributed by atoms with Gasteiger partial charge in [-0.05, 0) is 61.4 Å². The number of anilines is 1. The highest BCUT2D eigenvalue weighted by Crippen LogP contribution is 2.35. The summed E-state index contributed by atoms with van der Waals surface area (Å²) in [4.78, 5) is 31.4. The normalized spacial score (nSPS) is 19.2. The summed E-state index contributed by atoms with van der Waals surface area (Å²) < 4.78 is 21.3. The number of aliphatic imine (C=N–C) groups is 1. The molecule has 10 heteroatoms. The fourth-order valence-corrected chi connectivity index (χ4v) is 5.63. The number of hydrogen-bond donors (Lipinski definition) is 0. The van der Waals surface area contributed by atoms with Gasteiger partial charge in [-0.1, -0.05) is 39.8 Å². The van der Waals surface area contributed by atoms with Gasteiger partial charge in [-0.15, -0.1) is 12.8 Å². The molecule has 2 fully saturated rings. The maximum absolute atomic E-state index is 13.9. The molecule has 3 atom stereocenters. The Morgan fingerprint density at radius 1 is 1.09 bits per heavy atom. The Morgan fingerprint density at radius 3 is 2.32 bits per heavy atom. The molecule has 3 aromatic rings. The van der Waals surface area contributed by atoms with Crippen LogP contribution < -0.4 is 10.6 Å². The highest BCUT2D eigenvalue weighted by atomic mass is 19.1. The third-order valence-electron chi connectivity index (χ3n) is 8.17. The number of ether oxygens (including phenoxy) is 1. The van der Waals surface area contributed by atoms with Crippen molar-refractivity contribution in [2.24, 2.45) is 18.0 Å². The van der Waals surface area contributed by atoms with Gasteiger partial charge in [-0.3, -0.25) is 14.5 Å². The van der Waals surface area contributed by atoms with Crippen LogP contribution in [0.15, 0.2) is 46.2 Å². The average Bonchev–Trinajstić information content (AvgIpc) is 3.91. The lowest BCUT2D eigenvalue weighted by molar-refractivity contribution is 0.110. The number of piperazine rings is 1. The third kappa shape index (κ3) is 7.43. The smallest absolute Gasteiger partial charge is 0.349 e. The van der Waals surface area contributed by atoms with Gasteiger partial charge in [0.05, 0.1) is 12.6 Å². The number of hydrogen-bond acceptors (Lipinski definition) is 8. The maximum Gasteiger partial charge on any atom is 0.349 e. The highest BCUT2D eigenvalue weighted by molar-refractivity contribution is 5.87. The molecule has 1 saturated heterocycles. The maximum atomic E-state index is 13.9. The number of pyridine rings is 1. The van der Waals surface area contributed by atoms with Gasteiger partial charge in [0.1, 0.15) is 29.1 Å². The Hall–Kier alpha value is -4.28. The number of rotatable bonds is 8. The lowest BCUT2D eigenvalue weighted by atomic mass is 9.95. The molecule has 1 aromatic carbocycles. The summed E-state index contributed by atoms with van der Waals surface area (Å²) in [6.07, 6.45) is 12.0. The minimum absolute atomic E-state index is 0.00244. The SMILES string of the molecule is C#C.CC.CCC1CN(C(C(=NCC2CC2)OC)c2ccc(F)cc2)C(CC)CN1c1nc(=O)n(C)c2ccc(C#N)nc12. The predicted molar refractivity (Wildman–Crippen MR) is 174 cm³/mol. The second-order valence-electron chi connectivity index (χ2n) is 10.7. The minimum Gasteiger partial charge on any atom is -0.483 e.